The average Bonchev–Trinajstić information content (AvgIpc) is 2.55. The highest BCUT2D eigenvalue weighted by Crippen LogP contribution is 2.25. The molecule has 0 spiro atoms. The molecular formula is C8H6OS2. The van der Waals surface area contributed by atoms with Crippen molar-refractivity contribution in [2.24, 2.45) is 0 Å². The molecule has 0 saturated carbocycles. The van der Waals surface area contributed by atoms with Gasteiger partial charge in [0, 0.05) is 10.3 Å². The van der Waals surface area contributed by atoms with Gasteiger partial charge < -0.3 is 0 Å². The van der Waals surface area contributed by atoms with E-state index in [1.165, 1.54) is 28.2 Å². The summed E-state index contributed by atoms with van der Waals surface area (Å²) < 4.78 is 0.188. The van der Waals surface area contributed by atoms with Crippen molar-refractivity contribution in [3.05, 3.63) is 37.3 Å². The van der Waals surface area contributed by atoms with Crippen molar-refractivity contribution >= 4 is 28.2 Å². The third-order valence-corrected chi connectivity index (χ3v) is 3.54. The fourth-order valence-corrected chi connectivity index (χ4v) is 2.77. The average molecular weight is 182 g/mol. The van der Waals surface area contributed by atoms with E-state index in [2.05, 4.69) is 12.2 Å². The van der Waals surface area contributed by atoms with Gasteiger partial charge in [-0.05, 0) is 12.0 Å². The van der Waals surface area contributed by atoms with Crippen LogP contribution >= 0.6 is 22.7 Å². The van der Waals surface area contributed by atoms with Crippen LogP contribution in [-0.2, 0) is 0 Å². The molecule has 1 aliphatic rings. The van der Waals surface area contributed by atoms with Gasteiger partial charge in [-0.3, -0.25) is 4.79 Å². The van der Waals surface area contributed by atoms with E-state index in [1.807, 2.05) is 11.5 Å². The monoisotopic (exact) mass is 182 g/mol. The Bertz CT molecular complexity index is 367. The van der Waals surface area contributed by atoms with Crippen molar-refractivity contribution < 1.29 is 0 Å². The minimum atomic E-state index is 0.188. The minimum Gasteiger partial charge on any atom is -0.265 e. The van der Waals surface area contributed by atoms with E-state index in [-0.39, 0.29) is 4.06 Å². The Morgan fingerprint density at radius 3 is 2.91 bits per heavy atom. The third kappa shape index (κ3) is 1.34. The molecule has 0 aromatic carbocycles. The van der Waals surface area contributed by atoms with E-state index in [1.54, 1.807) is 0 Å². The van der Waals surface area contributed by atoms with E-state index in [0.717, 1.165) is 11.3 Å². The molecule has 0 bridgehead atoms. The summed E-state index contributed by atoms with van der Waals surface area (Å²) in [5, 5.41) is 1.94. The van der Waals surface area contributed by atoms with Gasteiger partial charge >= 0.3 is 0 Å². The minimum absolute atomic E-state index is 0.188. The number of allylic oxidation sites excluding steroid dienone is 4. The summed E-state index contributed by atoms with van der Waals surface area (Å²) in [6.07, 6.45) is 7.18. The molecule has 0 fully saturated rings. The third-order valence-electron chi connectivity index (χ3n) is 1.54. The number of hydrogen-bond acceptors (Lipinski definition) is 3. The number of hydrogen-bond donors (Lipinski definition) is 0. The summed E-state index contributed by atoms with van der Waals surface area (Å²) >= 11 is 2.63. The smallest absolute Gasteiger partial charge is 0.265 e. The zero-order valence-electron chi connectivity index (χ0n) is 5.74. The normalized spacial score (nSPS) is 15.5. The molecule has 2 rings (SSSR count). The van der Waals surface area contributed by atoms with Crippen molar-refractivity contribution in [2.75, 3.05) is 0 Å². The molecule has 1 aliphatic carbocycles. The van der Waals surface area contributed by atoms with Crippen LogP contribution in [0.1, 0.15) is 11.3 Å². The summed E-state index contributed by atoms with van der Waals surface area (Å²) in [6.45, 7) is 0. The molecule has 0 N–H and O–H groups in total. The first-order valence-electron chi connectivity index (χ1n) is 3.31. The van der Waals surface area contributed by atoms with Crippen LogP contribution in [0.25, 0.3) is 5.57 Å². The van der Waals surface area contributed by atoms with Gasteiger partial charge in [0.15, 0.2) is 0 Å². The molecule has 0 atom stereocenters. The van der Waals surface area contributed by atoms with Crippen LogP contribution in [0.4, 0.5) is 0 Å². The van der Waals surface area contributed by atoms with Crippen molar-refractivity contribution in [3.63, 3.8) is 0 Å². The summed E-state index contributed by atoms with van der Waals surface area (Å²) in [5.74, 6) is 0. The standard InChI is InChI=1S/C8H6OS2/c9-8-10-5-7(11-8)6-3-1-2-4-6/h1-3,5H,4H2. The highest BCUT2D eigenvalue weighted by molar-refractivity contribution is 7.26. The van der Waals surface area contributed by atoms with Gasteiger partial charge in [-0.2, -0.15) is 0 Å². The maximum Gasteiger partial charge on any atom is 0.287 e. The molecular weight excluding hydrogens is 176 g/mol. The summed E-state index contributed by atoms with van der Waals surface area (Å²) in [4.78, 5) is 12.0. The second kappa shape index (κ2) is 2.75. The highest BCUT2D eigenvalue weighted by Gasteiger charge is 2.05. The van der Waals surface area contributed by atoms with Crippen LogP contribution in [0.2, 0.25) is 0 Å². The van der Waals surface area contributed by atoms with E-state index < -0.39 is 0 Å². The lowest BCUT2D eigenvalue weighted by atomic mass is 10.2. The Hall–Kier alpha value is -0.670. The second-order valence-corrected chi connectivity index (χ2v) is 4.39. The van der Waals surface area contributed by atoms with Gasteiger partial charge in [-0.15, -0.1) is 0 Å². The number of rotatable bonds is 1. The van der Waals surface area contributed by atoms with Crippen molar-refractivity contribution in [3.8, 4) is 0 Å². The van der Waals surface area contributed by atoms with Gasteiger partial charge in [-0.1, -0.05) is 40.9 Å². The van der Waals surface area contributed by atoms with Gasteiger partial charge in [-0.25, -0.2) is 0 Å². The Balaban J connectivity index is 2.37. The fraction of sp³-hybridized carbons (Fsp3) is 0.125. The zero-order chi connectivity index (χ0) is 7.68. The molecule has 0 unspecified atom stereocenters. The highest BCUT2D eigenvalue weighted by atomic mass is 32.2. The van der Waals surface area contributed by atoms with Gasteiger partial charge in [0.2, 0.25) is 0 Å². The Labute approximate surface area is 72.3 Å². The summed E-state index contributed by atoms with van der Waals surface area (Å²) in [5.41, 5.74) is 1.27. The van der Waals surface area contributed by atoms with Crippen molar-refractivity contribution in [1.82, 2.24) is 0 Å². The van der Waals surface area contributed by atoms with E-state index >= 15 is 0 Å². The Kier molecular flexibility index (Phi) is 1.75. The lowest BCUT2D eigenvalue weighted by Gasteiger charge is -1.91. The Morgan fingerprint density at radius 2 is 2.36 bits per heavy atom. The first-order chi connectivity index (χ1) is 5.36. The molecule has 0 saturated heterocycles. The molecule has 1 aromatic rings. The largest absolute Gasteiger partial charge is 0.287 e. The molecule has 0 aliphatic heterocycles. The van der Waals surface area contributed by atoms with E-state index in [0.29, 0.717) is 0 Å². The van der Waals surface area contributed by atoms with Crippen LogP contribution in [0.15, 0.2) is 28.4 Å². The zero-order valence-corrected chi connectivity index (χ0v) is 7.37. The van der Waals surface area contributed by atoms with E-state index in [4.69, 9.17) is 0 Å². The van der Waals surface area contributed by atoms with E-state index in [9.17, 15) is 4.79 Å². The fourth-order valence-electron chi connectivity index (χ4n) is 1.01. The van der Waals surface area contributed by atoms with Gasteiger partial charge in [0.05, 0.1) is 0 Å². The molecule has 56 valence electrons. The van der Waals surface area contributed by atoms with Gasteiger partial charge in [0.25, 0.3) is 4.06 Å². The maximum atomic E-state index is 10.8. The van der Waals surface area contributed by atoms with Crippen molar-refractivity contribution in [1.29, 1.82) is 0 Å². The van der Waals surface area contributed by atoms with Crippen LogP contribution in [0, 0.1) is 0 Å². The molecule has 1 heterocycles. The molecule has 1 nitrogen and oxygen atoms in total. The molecule has 3 heteroatoms. The second-order valence-electron chi connectivity index (χ2n) is 2.28. The SMILES string of the molecule is O=c1scc(C2=CC=CC2)s1. The molecule has 11 heavy (non-hydrogen) atoms. The van der Waals surface area contributed by atoms with Crippen LogP contribution < -0.4 is 4.06 Å². The summed E-state index contributed by atoms with van der Waals surface area (Å²) in [6, 6.07) is 0. The maximum absolute atomic E-state index is 10.8. The first-order valence-corrected chi connectivity index (χ1v) is 5.00. The van der Waals surface area contributed by atoms with Crippen LogP contribution in [0.3, 0.4) is 0 Å². The molecule has 0 radical (unpaired) electrons. The topological polar surface area (TPSA) is 17.1 Å². The van der Waals surface area contributed by atoms with Crippen LogP contribution in [-0.4, -0.2) is 0 Å². The molecule has 0 amide bonds. The Morgan fingerprint density at radius 1 is 1.45 bits per heavy atom. The summed E-state index contributed by atoms with van der Waals surface area (Å²) in [7, 11) is 0. The lowest BCUT2D eigenvalue weighted by molar-refractivity contribution is 1.47. The van der Waals surface area contributed by atoms with Crippen LogP contribution in [0.5, 0.6) is 0 Å². The predicted octanol–water partition coefficient (Wildman–Crippen LogP) is 2.51. The van der Waals surface area contributed by atoms with Crippen molar-refractivity contribution in [2.45, 2.75) is 6.42 Å². The predicted molar refractivity (Wildman–Crippen MR) is 50.2 cm³/mol. The first kappa shape index (κ1) is 7.00. The van der Waals surface area contributed by atoms with Gasteiger partial charge in [0.1, 0.15) is 0 Å². The quantitative estimate of drug-likeness (QED) is 0.652. The lowest BCUT2D eigenvalue weighted by Crippen LogP contribution is -1.76. The molecule has 1 aromatic heterocycles.